The number of unbranched alkanes of at least 4 members (excludes halogenated alkanes) is 10. The summed E-state index contributed by atoms with van der Waals surface area (Å²) in [5, 5.41) is 4.79. The molecule has 2 aromatic rings. The maximum Gasteiger partial charge on any atom is 0.0918 e. The van der Waals surface area contributed by atoms with E-state index >= 15 is 0 Å². The lowest BCUT2D eigenvalue weighted by Gasteiger charge is -2.41. The summed E-state index contributed by atoms with van der Waals surface area (Å²) in [6.45, 7) is 24.3. The van der Waals surface area contributed by atoms with Crippen molar-refractivity contribution in [2.45, 2.75) is 181 Å². The summed E-state index contributed by atoms with van der Waals surface area (Å²) in [4.78, 5) is 0. The normalized spacial score (nSPS) is 12.8. The van der Waals surface area contributed by atoms with Crippen molar-refractivity contribution in [2.75, 3.05) is 0 Å². The van der Waals surface area contributed by atoms with E-state index in [1.807, 2.05) is 0 Å². The van der Waals surface area contributed by atoms with Crippen molar-refractivity contribution >= 4 is 49.7 Å². The first-order chi connectivity index (χ1) is 20.9. The van der Waals surface area contributed by atoms with Crippen LogP contribution >= 0.6 is 23.2 Å². The van der Waals surface area contributed by atoms with Crippen LogP contribution in [0.3, 0.4) is 0 Å². The van der Waals surface area contributed by atoms with Gasteiger partial charge in [0.2, 0.25) is 0 Å². The molecule has 0 bridgehead atoms. The molecule has 0 nitrogen and oxygen atoms in total. The summed E-state index contributed by atoms with van der Waals surface area (Å²) >= 11 is 14.4. The van der Waals surface area contributed by atoms with Crippen molar-refractivity contribution in [3.05, 3.63) is 46.4 Å². The van der Waals surface area contributed by atoms with Crippen molar-refractivity contribution in [2.24, 2.45) is 0 Å². The maximum absolute atomic E-state index is 7.19. The lowest BCUT2D eigenvalue weighted by Crippen LogP contribution is -2.53. The Morgan fingerprint density at radius 1 is 0.455 bits per heavy atom. The third-order valence-electron chi connectivity index (χ3n) is 11.3. The molecule has 0 aromatic heterocycles. The topological polar surface area (TPSA) is 0 Å². The lowest BCUT2D eigenvalue weighted by atomic mass is 10.1. The van der Waals surface area contributed by atoms with Gasteiger partial charge in [-0.3, -0.25) is 0 Å². The zero-order valence-corrected chi connectivity index (χ0v) is 33.9. The molecule has 0 aliphatic rings. The van der Waals surface area contributed by atoms with E-state index in [0.717, 1.165) is 21.2 Å². The second-order valence-corrected chi connectivity index (χ2v) is 26.9. The van der Waals surface area contributed by atoms with Gasteiger partial charge in [-0.15, -0.1) is 0 Å². The summed E-state index contributed by atoms with van der Waals surface area (Å²) in [5.74, 6) is 0. The van der Waals surface area contributed by atoms with Gasteiger partial charge in [0, 0.05) is 21.2 Å². The molecule has 4 heteroatoms. The molecule has 0 aliphatic carbocycles. The Morgan fingerprint density at radius 2 is 0.750 bits per heavy atom. The third kappa shape index (κ3) is 9.74. The highest BCUT2D eigenvalue weighted by molar-refractivity contribution is 6.94. The highest BCUT2D eigenvalue weighted by Gasteiger charge is 2.42. The fraction of sp³-hybridized carbons (Fsp3) is 0.700. The molecule has 2 aromatic carbocycles. The Labute approximate surface area is 286 Å². The van der Waals surface area contributed by atoms with E-state index in [0.29, 0.717) is 22.2 Å². The quantitative estimate of drug-likeness (QED) is 0.0912. The zero-order valence-electron chi connectivity index (χ0n) is 30.4. The largest absolute Gasteiger partial charge is 0.0918 e. The highest BCUT2D eigenvalue weighted by Crippen LogP contribution is 2.41. The summed E-state index contributed by atoms with van der Waals surface area (Å²) in [5.41, 5.74) is 4.89. The van der Waals surface area contributed by atoms with Gasteiger partial charge in [-0.2, -0.15) is 0 Å². The van der Waals surface area contributed by atoms with E-state index in [1.165, 1.54) is 99.5 Å². The Hall–Kier alpha value is -0.546. The van der Waals surface area contributed by atoms with Gasteiger partial charge in [-0.25, -0.2) is 0 Å². The van der Waals surface area contributed by atoms with Crippen molar-refractivity contribution in [1.82, 2.24) is 0 Å². The average molecular weight is 676 g/mol. The minimum atomic E-state index is -1.76. The standard InChI is InChI=1S/C40H68Cl2Si2/c1-11-13-15-17-19-21-27-43(31(3)4,32(5)6)35-23-25-37(39(41)29-35)38-26-24-36(30-40(38)42)44(33(7)8,34(9)10)28-22-20-18-16-14-12-2/h23-26,29-34H,11-22,27-28H2,1-10H3. The zero-order chi connectivity index (χ0) is 32.9. The van der Waals surface area contributed by atoms with Crippen LogP contribution in [0, 0.1) is 0 Å². The van der Waals surface area contributed by atoms with Crippen LogP contribution in [0.5, 0.6) is 0 Å². The summed E-state index contributed by atoms with van der Waals surface area (Å²) in [7, 11) is -3.52. The second-order valence-electron chi connectivity index (χ2n) is 15.1. The van der Waals surface area contributed by atoms with Crippen LogP contribution < -0.4 is 10.4 Å². The van der Waals surface area contributed by atoms with Crippen molar-refractivity contribution < 1.29 is 0 Å². The molecule has 2 rings (SSSR count). The molecule has 0 amide bonds. The molecular weight excluding hydrogens is 608 g/mol. The van der Waals surface area contributed by atoms with Crippen molar-refractivity contribution in [1.29, 1.82) is 0 Å². The molecule has 0 saturated heterocycles. The fourth-order valence-electron chi connectivity index (χ4n) is 8.55. The van der Waals surface area contributed by atoms with Crippen LogP contribution in [0.25, 0.3) is 11.1 Å². The summed E-state index contributed by atoms with van der Waals surface area (Å²) in [6.07, 6.45) is 16.3. The molecule has 0 heterocycles. The predicted octanol–water partition coefficient (Wildman–Crippen LogP) is 14.3. The number of benzene rings is 2. The molecule has 44 heavy (non-hydrogen) atoms. The molecule has 0 aliphatic heterocycles. The third-order valence-corrected chi connectivity index (χ3v) is 25.3. The monoisotopic (exact) mass is 674 g/mol. The molecule has 0 radical (unpaired) electrons. The SMILES string of the molecule is CCCCCCCC[Si](c1ccc(-c2ccc([Si](CCCCCCCC)(C(C)C)C(C)C)cc2Cl)c(Cl)c1)(C(C)C)C(C)C. The Kier molecular flexibility index (Phi) is 17.4. The smallest absolute Gasteiger partial charge is 0.0837 e. The Morgan fingerprint density at radius 3 is 1.02 bits per heavy atom. The van der Waals surface area contributed by atoms with Gasteiger partial charge in [0.1, 0.15) is 0 Å². The first-order valence-corrected chi connectivity index (χ1v) is 24.0. The van der Waals surface area contributed by atoms with Gasteiger partial charge in [0.05, 0.1) is 16.1 Å². The maximum atomic E-state index is 7.19. The molecule has 0 spiro atoms. The van der Waals surface area contributed by atoms with E-state index in [-0.39, 0.29) is 0 Å². The molecular formula is C40H68Cl2Si2. The molecule has 0 N–H and O–H groups in total. The first-order valence-electron chi connectivity index (χ1n) is 18.5. The van der Waals surface area contributed by atoms with Crippen molar-refractivity contribution in [3.63, 3.8) is 0 Å². The van der Waals surface area contributed by atoms with Crippen LogP contribution in [0.4, 0.5) is 0 Å². The number of halogens is 2. The predicted molar refractivity (Wildman–Crippen MR) is 209 cm³/mol. The van der Waals surface area contributed by atoms with Gasteiger partial charge < -0.3 is 0 Å². The molecule has 0 saturated carbocycles. The molecule has 250 valence electrons. The number of hydrogen-bond donors (Lipinski definition) is 0. The van der Waals surface area contributed by atoms with Crippen LogP contribution in [0.2, 0.25) is 44.3 Å². The van der Waals surface area contributed by atoms with Gasteiger partial charge >= 0.3 is 0 Å². The first kappa shape index (κ1) is 39.6. The fourth-order valence-corrected chi connectivity index (χ4v) is 20.8. The molecule has 0 atom stereocenters. The minimum Gasteiger partial charge on any atom is -0.0837 e. The Bertz CT molecular complexity index is 1000. The van der Waals surface area contributed by atoms with Crippen LogP contribution in [0.1, 0.15) is 146 Å². The number of rotatable bonds is 21. The van der Waals surface area contributed by atoms with Gasteiger partial charge in [0.25, 0.3) is 0 Å². The average Bonchev–Trinajstić information content (AvgIpc) is 2.96. The van der Waals surface area contributed by atoms with Crippen LogP contribution in [-0.4, -0.2) is 16.1 Å². The van der Waals surface area contributed by atoms with Gasteiger partial charge in [-0.05, 0) is 34.3 Å². The van der Waals surface area contributed by atoms with Gasteiger partial charge in [-0.1, -0.05) is 216 Å². The van der Waals surface area contributed by atoms with Crippen LogP contribution in [0.15, 0.2) is 36.4 Å². The molecule has 0 fully saturated rings. The second kappa shape index (κ2) is 19.3. The highest BCUT2D eigenvalue weighted by atomic mass is 35.5. The summed E-state index contributed by atoms with van der Waals surface area (Å²) in [6, 6.07) is 16.8. The van der Waals surface area contributed by atoms with Crippen molar-refractivity contribution in [3.8, 4) is 11.1 Å². The van der Waals surface area contributed by atoms with E-state index in [9.17, 15) is 0 Å². The van der Waals surface area contributed by atoms with E-state index in [1.54, 1.807) is 0 Å². The van der Waals surface area contributed by atoms with E-state index in [2.05, 4.69) is 106 Å². The Balaban J connectivity index is 2.39. The summed E-state index contributed by atoms with van der Waals surface area (Å²) < 4.78 is 0. The van der Waals surface area contributed by atoms with Gasteiger partial charge in [0.15, 0.2) is 0 Å². The van der Waals surface area contributed by atoms with E-state index in [4.69, 9.17) is 23.2 Å². The number of hydrogen-bond acceptors (Lipinski definition) is 0. The molecule has 0 unspecified atom stereocenters. The van der Waals surface area contributed by atoms with Crippen LogP contribution in [-0.2, 0) is 0 Å². The minimum absolute atomic E-state index is 0.680. The lowest BCUT2D eigenvalue weighted by molar-refractivity contribution is 0.620. The van der Waals surface area contributed by atoms with E-state index < -0.39 is 16.1 Å².